The summed E-state index contributed by atoms with van der Waals surface area (Å²) in [5.41, 5.74) is -0.00338. The van der Waals surface area contributed by atoms with Crippen molar-refractivity contribution in [3.8, 4) is 5.88 Å². The molecule has 0 saturated carbocycles. The van der Waals surface area contributed by atoms with Gasteiger partial charge in [-0.1, -0.05) is 0 Å². The van der Waals surface area contributed by atoms with Crippen molar-refractivity contribution in [2.45, 2.75) is 6.92 Å². The summed E-state index contributed by atoms with van der Waals surface area (Å²) in [6.07, 6.45) is 0.970. The number of aliphatic hydroxyl groups excluding tert-OH is 1. The first kappa shape index (κ1) is 12.8. The fourth-order valence-corrected chi connectivity index (χ4v) is 1.02. The first-order chi connectivity index (χ1) is 8.08. The summed E-state index contributed by atoms with van der Waals surface area (Å²) in [5.74, 6) is -1.43. The van der Waals surface area contributed by atoms with Crippen LogP contribution < -0.4 is 9.58 Å². The molecule has 0 fully saturated rings. The molecule has 0 aliphatic heterocycles. The zero-order valence-electron chi connectivity index (χ0n) is 9.41. The number of methoxy groups -OCH3 is 1. The molecule has 1 aromatic heterocycles. The zero-order chi connectivity index (χ0) is 12.8. The third-order valence-corrected chi connectivity index (χ3v) is 1.79. The van der Waals surface area contributed by atoms with Crippen molar-refractivity contribution in [2.24, 2.45) is 0 Å². The smallest absolute Gasteiger partial charge is 0.373 e. The molecule has 0 saturated heterocycles. The van der Waals surface area contributed by atoms with Gasteiger partial charge in [-0.05, 0) is 11.8 Å². The largest absolute Gasteiger partial charge is 0.594 e. The average Bonchev–Trinajstić information content (AvgIpc) is 2.31. The Hall–Kier alpha value is -2.31. The van der Waals surface area contributed by atoms with E-state index in [1.54, 1.807) is 6.92 Å². The van der Waals surface area contributed by atoms with Crippen LogP contribution in [0.25, 0.3) is 6.08 Å². The molecular weight excluding hydrogens is 228 g/mol. The fourth-order valence-electron chi connectivity index (χ4n) is 1.02. The van der Waals surface area contributed by atoms with Crippen molar-refractivity contribution < 1.29 is 24.2 Å². The second-order valence-electron chi connectivity index (χ2n) is 2.92. The van der Waals surface area contributed by atoms with Crippen LogP contribution in [0.15, 0.2) is 17.9 Å². The minimum absolute atomic E-state index is 0.00338. The monoisotopic (exact) mass is 240 g/mol. The number of nitrogens with zero attached hydrogens (tertiary/aromatic N) is 2. The Morgan fingerprint density at radius 1 is 1.65 bits per heavy atom. The maximum absolute atomic E-state index is 11.3. The van der Waals surface area contributed by atoms with E-state index in [0.717, 1.165) is 6.08 Å². The number of aromatic nitrogens is 2. The summed E-state index contributed by atoms with van der Waals surface area (Å²) >= 11 is 0. The highest BCUT2D eigenvalue weighted by molar-refractivity contribution is 5.90. The summed E-state index contributed by atoms with van der Waals surface area (Å²) in [7, 11) is 1.37. The Morgan fingerprint density at radius 2 is 2.35 bits per heavy atom. The molecule has 17 heavy (non-hydrogen) atoms. The van der Waals surface area contributed by atoms with Gasteiger partial charge in [-0.2, -0.15) is 0 Å². The minimum Gasteiger partial charge on any atom is -0.594 e. The molecule has 7 heteroatoms. The van der Waals surface area contributed by atoms with E-state index in [4.69, 9.17) is 4.74 Å². The lowest BCUT2D eigenvalue weighted by Gasteiger charge is -2.01. The van der Waals surface area contributed by atoms with Gasteiger partial charge >= 0.3 is 5.97 Å². The van der Waals surface area contributed by atoms with Crippen molar-refractivity contribution in [1.29, 1.82) is 0 Å². The SMILES string of the molecule is CCOC(=O)/C(O)=C/c1ccc(OC)n[n+]1[O-]. The molecule has 0 aliphatic rings. The highest BCUT2D eigenvalue weighted by Crippen LogP contribution is 2.06. The van der Waals surface area contributed by atoms with Crippen LogP contribution in [0.5, 0.6) is 5.88 Å². The Balaban J connectivity index is 2.94. The molecule has 0 radical (unpaired) electrons. The minimum atomic E-state index is -0.900. The molecule has 0 aromatic carbocycles. The number of hydrogen-bond donors (Lipinski definition) is 1. The van der Waals surface area contributed by atoms with E-state index in [2.05, 4.69) is 9.84 Å². The molecule has 0 bridgehead atoms. The third-order valence-electron chi connectivity index (χ3n) is 1.79. The molecule has 0 spiro atoms. The predicted molar refractivity (Wildman–Crippen MR) is 57.0 cm³/mol. The Kier molecular flexibility index (Phi) is 4.27. The van der Waals surface area contributed by atoms with Crippen LogP contribution in [0.3, 0.4) is 0 Å². The normalized spacial score (nSPS) is 11.1. The summed E-state index contributed by atoms with van der Waals surface area (Å²) in [6, 6.07) is 2.78. The number of esters is 1. The molecule has 1 rings (SSSR count). The lowest BCUT2D eigenvalue weighted by molar-refractivity contribution is -0.671. The van der Waals surface area contributed by atoms with E-state index in [1.807, 2.05) is 0 Å². The van der Waals surface area contributed by atoms with E-state index in [9.17, 15) is 15.1 Å². The molecule has 0 aliphatic carbocycles. The fraction of sp³-hybridized carbons (Fsp3) is 0.300. The number of aliphatic hydroxyl groups is 1. The van der Waals surface area contributed by atoms with Crippen molar-refractivity contribution in [3.05, 3.63) is 28.8 Å². The van der Waals surface area contributed by atoms with Crippen molar-refractivity contribution in [3.63, 3.8) is 0 Å². The molecule has 0 amide bonds. The number of ether oxygens (including phenoxy) is 2. The van der Waals surface area contributed by atoms with Crippen LogP contribution >= 0.6 is 0 Å². The van der Waals surface area contributed by atoms with Gasteiger partial charge in [-0.3, -0.25) is 0 Å². The average molecular weight is 240 g/mol. The van der Waals surface area contributed by atoms with Crippen molar-refractivity contribution in [2.75, 3.05) is 13.7 Å². The summed E-state index contributed by atoms with van der Waals surface area (Å²) in [4.78, 5) is 11.3. The quantitative estimate of drug-likeness (QED) is 0.265. The number of carbonyl (C=O) groups excluding carboxylic acids is 1. The number of carbonyl (C=O) groups is 1. The van der Waals surface area contributed by atoms with Crippen LogP contribution in [0.2, 0.25) is 0 Å². The first-order valence-corrected chi connectivity index (χ1v) is 4.81. The summed E-state index contributed by atoms with van der Waals surface area (Å²) in [5, 5.41) is 24.1. The Morgan fingerprint density at radius 3 is 2.88 bits per heavy atom. The van der Waals surface area contributed by atoms with Gasteiger partial charge in [0.25, 0.3) is 5.88 Å². The van der Waals surface area contributed by atoms with Crippen LogP contribution in [-0.2, 0) is 9.53 Å². The first-order valence-electron chi connectivity index (χ1n) is 4.81. The molecule has 1 N–H and O–H groups in total. The van der Waals surface area contributed by atoms with Gasteiger partial charge in [0, 0.05) is 12.1 Å². The van der Waals surface area contributed by atoms with Gasteiger partial charge in [0.05, 0.1) is 24.9 Å². The Bertz CT molecular complexity index is 444. The van der Waals surface area contributed by atoms with E-state index >= 15 is 0 Å². The van der Waals surface area contributed by atoms with Gasteiger partial charge in [0.1, 0.15) is 0 Å². The lowest BCUT2D eigenvalue weighted by atomic mass is 10.3. The van der Waals surface area contributed by atoms with Crippen LogP contribution in [0.1, 0.15) is 12.6 Å². The molecule has 92 valence electrons. The molecular formula is C10H12N2O5. The van der Waals surface area contributed by atoms with E-state index < -0.39 is 11.7 Å². The molecule has 1 heterocycles. The van der Waals surface area contributed by atoms with Crippen LogP contribution in [-0.4, -0.2) is 29.9 Å². The molecule has 0 unspecified atom stereocenters. The van der Waals surface area contributed by atoms with E-state index in [-0.39, 0.29) is 23.0 Å². The maximum atomic E-state index is 11.3. The maximum Gasteiger partial charge on any atom is 0.373 e. The zero-order valence-corrected chi connectivity index (χ0v) is 9.41. The predicted octanol–water partition coefficient (Wildman–Crippen LogP) is 0.186. The second kappa shape index (κ2) is 5.69. The van der Waals surface area contributed by atoms with E-state index in [1.165, 1.54) is 19.2 Å². The van der Waals surface area contributed by atoms with Gasteiger partial charge in [0.2, 0.25) is 11.5 Å². The van der Waals surface area contributed by atoms with Crippen molar-refractivity contribution in [1.82, 2.24) is 5.10 Å². The second-order valence-corrected chi connectivity index (χ2v) is 2.92. The topological polar surface area (TPSA) is 95.6 Å². The standard InChI is InChI=1S/C10H12N2O5/c1-3-17-10(14)8(13)6-7-4-5-9(16-2)11-12(7)15/h4-6,13H,3H2,1-2H3/b8-6-. The molecule has 1 aromatic rings. The Labute approximate surface area is 97.5 Å². The molecule has 0 atom stereocenters. The van der Waals surface area contributed by atoms with Crippen LogP contribution in [0, 0.1) is 5.21 Å². The van der Waals surface area contributed by atoms with Crippen molar-refractivity contribution >= 4 is 12.0 Å². The summed E-state index contributed by atoms with van der Waals surface area (Å²) < 4.78 is 9.28. The number of hydrogen-bond acceptors (Lipinski definition) is 6. The number of rotatable bonds is 4. The van der Waals surface area contributed by atoms with Gasteiger partial charge in [-0.25, -0.2) is 4.79 Å². The lowest BCUT2D eigenvalue weighted by Crippen LogP contribution is -2.34. The van der Waals surface area contributed by atoms with E-state index in [0.29, 0.717) is 0 Å². The van der Waals surface area contributed by atoms with Gasteiger partial charge < -0.3 is 19.8 Å². The molecule has 7 nitrogen and oxygen atoms in total. The van der Waals surface area contributed by atoms with Gasteiger partial charge in [-0.15, -0.1) is 0 Å². The highest BCUT2D eigenvalue weighted by atomic mass is 16.5. The van der Waals surface area contributed by atoms with Gasteiger partial charge in [0.15, 0.2) is 0 Å². The highest BCUT2D eigenvalue weighted by Gasteiger charge is 2.13. The third kappa shape index (κ3) is 3.33. The van der Waals surface area contributed by atoms with Crippen LogP contribution in [0.4, 0.5) is 0 Å². The summed E-state index contributed by atoms with van der Waals surface area (Å²) in [6.45, 7) is 1.74.